The van der Waals surface area contributed by atoms with E-state index < -0.39 is 23.9 Å². The fourth-order valence-corrected chi connectivity index (χ4v) is 2.97. The van der Waals surface area contributed by atoms with Crippen molar-refractivity contribution < 1.29 is 14.4 Å². The molecule has 0 radical (unpaired) electrons. The van der Waals surface area contributed by atoms with Crippen molar-refractivity contribution in [2.45, 2.75) is 12.1 Å². The zero-order chi connectivity index (χ0) is 17.4. The summed E-state index contributed by atoms with van der Waals surface area (Å²) in [6.07, 6.45) is 4.75. The van der Waals surface area contributed by atoms with E-state index in [0.717, 1.165) is 5.56 Å². The normalized spacial score (nSPS) is 23.7. The van der Waals surface area contributed by atoms with Crippen LogP contribution in [0.4, 0.5) is 5.69 Å². The fourth-order valence-electron chi connectivity index (χ4n) is 2.97. The first-order valence-electron chi connectivity index (χ1n) is 7.77. The quantitative estimate of drug-likeness (QED) is 0.703. The van der Waals surface area contributed by atoms with E-state index in [-0.39, 0.29) is 11.5 Å². The van der Waals surface area contributed by atoms with Crippen LogP contribution in [0.3, 0.4) is 0 Å². The maximum atomic E-state index is 12.5. The van der Waals surface area contributed by atoms with Crippen molar-refractivity contribution >= 4 is 29.4 Å². The van der Waals surface area contributed by atoms with E-state index in [4.69, 9.17) is 0 Å². The minimum Gasteiger partial charge on any atom is -0.372 e. The van der Waals surface area contributed by atoms with Gasteiger partial charge in [-0.1, -0.05) is 12.1 Å². The molecule has 1 saturated heterocycles. The van der Waals surface area contributed by atoms with Crippen molar-refractivity contribution in [2.75, 3.05) is 5.32 Å². The Bertz CT molecular complexity index is 908. The molecule has 2 atom stereocenters. The van der Waals surface area contributed by atoms with Gasteiger partial charge in [-0.25, -0.2) is 0 Å². The van der Waals surface area contributed by atoms with Crippen LogP contribution in [0.15, 0.2) is 54.5 Å². The molecule has 3 heterocycles. The highest BCUT2D eigenvalue weighted by atomic mass is 16.2. The van der Waals surface area contributed by atoms with Crippen LogP contribution in [-0.4, -0.2) is 34.7 Å². The van der Waals surface area contributed by atoms with Gasteiger partial charge >= 0.3 is 0 Å². The van der Waals surface area contributed by atoms with Gasteiger partial charge in [0, 0.05) is 23.6 Å². The summed E-state index contributed by atoms with van der Waals surface area (Å²) < 4.78 is 0. The topological polar surface area (TPSA) is 100 Å². The van der Waals surface area contributed by atoms with Gasteiger partial charge in [0.25, 0.3) is 5.91 Å². The summed E-state index contributed by atoms with van der Waals surface area (Å²) in [5.74, 6) is -1.08. The van der Waals surface area contributed by atoms with Crippen molar-refractivity contribution in [1.82, 2.24) is 15.6 Å². The zero-order valence-electron chi connectivity index (χ0n) is 13.0. The molecule has 0 spiro atoms. The van der Waals surface area contributed by atoms with Gasteiger partial charge in [0.15, 0.2) is 5.78 Å². The Labute approximate surface area is 143 Å². The first kappa shape index (κ1) is 15.1. The van der Waals surface area contributed by atoms with Crippen LogP contribution in [0.1, 0.15) is 15.9 Å². The summed E-state index contributed by atoms with van der Waals surface area (Å²) in [6.45, 7) is 0. The number of hydrogen-bond donors (Lipinski definition) is 3. The van der Waals surface area contributed by atoms with Gasteiger partial charge in [-0.3, -0.25) is 19.4 Å². The van der Waals surface area contributed by atoms with E-state index in [1.54, 1.807) is 54.9 Å². The number of para-hydroxylation sites is 1. The molecule has 7 nitrogen and oxygen atoms in total. The van der Waals surface area contributed by atoms with Gasteiger partial charge in [-0.15, -0.1) is 0 Å². The molecule has 25 heavy (non-hydrogen) atoms. The number of nitrogens with zero attached hydrogens (tertiary/aromatic N) is 1. The third-order valence-corrected chi connectivity index (χ3v) is 4.21. The van der Waals surface area contributed by atoms with E-state index in [0.29, 0.717) is 11.3 Å². The van der Waals surface area contributed by atoms with Crippen molar-refractivity contribution in [3.05, 3.63) is 65.6 Å². The number of carbonyl (C=O) groups is 3. The Hall–Kier alpha value is -3.48. The summed E-state index contributed by atoms with van der Waals surface area (Å²) in [5, 5.41) is 8.23. The van der Waals surface area contributed by atoms with Crippen LogP contribution in [-0.2, 0) is 9.59 Å². The van der Waals surface area contributed by atoms with Crippen molar-refractivity contribution in [1.29, 1.82) is 0 Å². The number of nitrogens with one attached hydrogen (secondary N) is 3. The average molecular weight is 334 g/mol. The highest BCUT2D eigenvalue weighted by Crippen LogP contribution is 2.27. The van der Waals surface area contributed by atoms with Gasteiger partial charge in [0.1, 0.15) is 17.8 Å². The van der Waals surface area contributed by atoms with Gasteiger partial charge in [0.05, 0.1) is 0 Å². The number of carbonyl (C=O) groups excluding carboxylic acids is 3. The van der Waals surface area contributed by atoms with Gasteiger partial charge in [0.2, 0.25) is 5.91 Å². The Morgan fingerprint density at radius 3 is 2.44 bits per heavy atom. The number of rotatable bonds is 2. The predicted octanol–water partition coefficient (Wildman–Crippen LogP) is 0.714. The number of benzene rings is 1. The molecule has 3 N–H and O–H groups in total. The van der Waals surface area contributed by atoms with Gasteiger partial charge in [-0.05, 0) is 35.9 Å². The maximum Gasteiger partial charge on any atom is 0.268 e. The first-order chi connectivity index (χ1) is 12.1. The average Bonchev–Trinajstić information content (AvgIpc) is 2.96. The molecule has 0 saturated carbocycles. The number of Topliss-reactive ketones (excluding diaryl/α,β-unsaturated/α-hetero) is 1. The summed E-state index contributed by atoms with van der Waals surface area (Å²) in [7, 11) is 0. The summed E-state index contributed by atoms with van der Waals surface area (Å²) in [5.41, 5.74) is 2.06. The molecule has 2 aliphatic heterocycles. The molecule has 0 bridgehead atoms. The van der Waals surface area contributed by atoms with Crippen molar-refractivity contribution in [3.8, 4) is 0 Å². The second kappa shape index (κ2) is 5.86. The summed E-state index contributed by atoms with van der Waals surface area (Å²) in [6, 6.07) is 8.68. The van der Waals surface area contributed by atoms with Crippen LogP contribution in [0.2, 0.25) is 0 Å². The van der Waals surface area contributed by atoms with Crippen LogP contribution in [0.5, 0.6) is 0 Å². The molecule has 4 rings (SSSR count). The molecule has 2 aromatic rings. The smallest absolute Gasteiger partial charge is 0.268 e. The van der Waals surface area contributed by atoms with E-state index in [1.807, 2.05) is 0 Å². The first-order valence-corrected chi connectivity index (χ1v) is 7.77. The lowest BCUT2D eigenvalue weighted by molar-refractivity contribution is -0.131. The van der Waals surface area contributed by atoms with Crippen LogP contribution < -0.4 is 16.0 Å². The number of aromatic nitrogens is 1. The number of ketones is 1. The second-order valence-corrected chi connectivity index (χ2v) is 5.81. The highest BCUT2D eigenvalue weighted by Gasteiger charge is 2.43. The molecule has 2 aliphatic rings. The lowest BCUT2D eigenvalue weighted by atomic mass is 9.99. The SMILES string of the molecule is O=C1NC(C2Nc3ccccc3C2=O)C(=O)N/C1=C\c1ccncc1. The highest BCUT2D eigenvalue weighted by molar-refractivity contribution is 6.16. The van der Waals surface area contributed by atoms with Crippen LogP contribution in [0, 0.1) is 0 Å². The summed E-state index contributed by atoms with van der Waals surface area (Å²) in [4.78, 5) is 41.2. The molecule has 0 aliphatic carbocycles. The fraction of sp³-hybridized carbons (Fsp3) is 0.111. The molecule has 1 aromatic carbocycles. The molecule has 7 heteroatoms. The summed E-state index contributed by atoms with van der Waals surface area (Å²) >= 11 is 0. The second-order valence-electron chi connectivity index (χ2n) is 5.81. The van der Waals surface area contributed by atoms with Crippen molar-refractivity contribution in [2.24, 2.45) is 0 Å². The lowest BCUT2D eigenvalue weighted by Crippen LogP contribution is -2.62. The number of amides is 2. The molecule has 1 fully saturated rings. The van der Waals surface area contributed by atoms with E-state index in [2.05, 4.69) is 20.9 Å². The standard InChI is InChI=1S/C18H14N4O3/c23-16-11-3-1-2-4-12(11)20-14(16)15-18(25)21-13(17(24)22-15)9-10-5-7-19-8-6-10/h1-9,14-15,20H,(H,21,25)(H,22,24)/b13-9-. The van der Waals surface area contributed by atoms with E-state index >= 15 is 0 Å². The van der Waals surface area contributed by atoms with E-state index in [9.17, 15) is 14.4 Å². The predicted molar refractivity (Wildman–Crippen MR) is 90.5 cm³/mol. The number of anilines is 1. The Morgan fingerprint density at radius 1 is 0.920 bits per heavy atom. The zero-order valence-corrected chi connectivity index (χ0v) is 13.0. The minimum absolute atomic E-state index is 0.135. The monoisotopic (exact) mass is 334 g/mol. The Kier molecular flexibility index (Phi) is 3.53. The number of piperazine rings is 1. The molecule has 124 valence electrons. The minimum atomic E-state index is -0.970. The molecule has 1 aromatic heterocycles. The molecular weight excluding hydrogens is 320 g/mol. The van der Waals surface area contributed by atoms with Crippen LogP contribution >= 0.6 is 0 Å². The van der Waals surface area contributed by atoms with Gasteiger partial charge < -0.3 is 16.0 Å². The number of fused-ring (bicyclic) bond motifs is 1. The molecule has 2 amide bonds. The number of pyridine rings is 1. The Morgan fingerprint density at radius 2 is 1.68 bits per heavy atom. The van der Waals surface area contributed by atoms with E-state index in [1.165, 1.54) is 0 Å². The van der Waals surface area contributed by atoms with Gasteiger partial charge in [-0.2, -0.15) is 0 Å². The third kappa shape index (κ3) is 2.65. The van der Waals surface area contributed by atoms with Crippen molar-refractivity contribution in [3.63, 3.8) is 0 Å². The third-order valence-electron chi connectivity index (χ3n) is 4.21. The molecular formula is C18H14N4O3. The van der Waals surface area contributed by atoms with Crippen LogP contribution in [0.25, 0.3) is 6.08 Å². The number of hydrogen-bond acceptors (Lipinski definition) is 5. The largest absolute Gasteiger partial charge is 0.372 e. The lowest BCUT2D eigenvalue weighted by Gasteiger charge is -2.28. The molecule has 2 unspecified atom stereocenters. The Balaban J connectivity index is 1.56. The maximum absolute atomic E-state index is 12.5.